The van der Waals surface area contributed by atoms with Crippen LogP contribution in [0.1, 0.15) is 24.3 Å². The van der Waals surface area contributed by atoms with Gasteiger partial charge >= 0.3 is 0 Å². The minimum atomic E-state index is -0.832. The highest BCUT2D eigenvalue weighted by Gasteiger charge is 2.20. The quantitative estimate of drug-likeness (QED) is 0.542. The third-order valence-electron chi connectivity index (χ3n) is 5.54. The second kappa shape index (κ2) is 6.73. The van der Waals surface area contributed by atoms with E-state index in [2.05, 4.69) is 20.4 Å². The number of hydrogen-bond donors (Lipinski definition) is 2. The number of rotatable bonds is 2. The number of nitrogens with zero attached hydrogens (tertiary/aromatic N) is 4. The number of halogens is 2. The molecule has 1 fully saturated rings. The molecule has 3 heterocycles. The van der Waals surface area contributed by atoms with Gasteiger partial charge in [-0.1, -0.05) is 0 Å². The van der Waals surface area contributed by atoms with E-state index in [9.17, 15) is 13.9 Å². The van der Waals surface area contributed by atoms with E-state index >= 15 is 0 Å². The zero-order valence-corrected chi connectivity index (χ0v) is 15.8. The zero-order valence-electron chi connectivity index (χ0n) is 15.8. The number of benzene rings is 2. The van der Waals surface area contributed by atoms with E-state index in [1.54, 1.807) is 19.3 Å². The predicted octanol–water partition coefficient (Wildman–Crippen LogP) is 3.63. The van der Waals surface area contributed by atoms with Gasteiger partial charge in [-0.3, -0.25) is 9.67 Å². The summed E-state index contributed by atoms with van der Waals surface area (Å²) in [6.45, 7) is 1.83. The second-order valence-corrected chi connectivity index (χ2v) is 7.48. The molecule has 8 heteroatoms. The first-order valence-corrected chi connectivity index (χ1v) is 9.53. The summed E-state index contributed by atoms with van der Waals surface area (Å²) in [5.41, 5.74) is 1.90. The fraction of sp³-hybridized carbons (Fsp3) is 0.286. The lowest BCUT2D eigenvalue weighted by atomic mass is 9.90. The number of fused-ring (bicyclic) bond motifs is 2. The van der Waals surface area contributed by atoms with Gasteiger partial charge < -0.3 is 10.4 Å². The molecule has 2 aromatic carbocycles. The van der Waals surface area contributed by atoms with E-state index in [4.69, 9.17) is 0 Å². The maximum atomic E-state index is 14.9. The Balaban J connectivity index is 1.62. The van der Waals surface area contributed by atoms with E-state index in [1.807, 2.05) is 6.07 Å². The van der Waals surface area contributed by atoms with Crippen molar-refractivity contribution in [3.05, 3.63) is 47.8 Å². The third-order valence-corrected chi connectivity index (χ3v) is 5.54. The Bertz CT molecular complexity index is 1250. The van der Waals surface area contributed by atoms with Crippen LogP contribution in [-0.4, -0.2) is 37.9 Å². The van der Waals surface area contributed by atoms with Crippen LogP contribution in [0, 0.1) is 11.6 Å². The second-order valence-electron chi connectivity index (χ2n) is 7.48. The molecule has 0 unspecified atom stereocenters. The van der Waals surface area contributed by atoms with Crippen molar-refractivity contribution in [1.82, 2.24) is 25.1 Å². The van der Waals surface area contributed by atoms with Crippen molar-refractivity contribution >= 4 is 21.9 Å². The molecule has 29 heavy (non-hydrogen) atoms. The fourth-order valence-electron chi connectivity index (χ4n) is 4.05. The van der Waals surface area contributed by atoms with Gasteiger partial charge in [-0.05, 0) is 55.6 Å². The SMILES string of the molecule is Cn1cc2cc(-c3cnc4cc(C5CCNCC5)cc(F)c4n3)c(O)c(F)c2n1. The van der Waals surface area contributed by atoms with Crippen molar-refractivity contribution in [2.24, 2.45) is 7.05 Å². The maximum absolute atomic E-state index is 14.9. The van der Waals surface area contributed by atoms with Gasteiger partial charge in [0.15, 0.2) is 17.4 Å². The van der Waals surface area contributed by atoms with Crippen LogP contribution in [-0.2, 0) is 7.05 Å². The minimum absolute atomic E-state index is 0.0697. The van der Waals surface area contributed by atoms with Gasteiger partial charge in [0.05, 0.1) is 17.4 Å². The van der Waals surface area contributed by atoms with Gasteiger partial charge in [0.25, 0.3) is 0 Å². The van der Waals surface area contributed by atoms with Gasteiger partial charge in [-0.25, -0.2) is 13.8 Å². The molecule has 148 valence electrons. The first kappa shape index (κ1) is 17.9. The van der Waals surface area contributed by atoms with Crippen LogP contribution in [0.4, 0.5) is 8.78 Å². The summed E-state index contributed by atoms with van der Waals surface area (Å²) in [6, 6.07) is 4.97. The predicted molar refractivity (Wildman–Crippen MR) is 106 cm³/mol. The molecule has 0 atom stereocenters. The van der Waals surface area contributed by atoms with Crippen molar-refractivity contribution in [3.8, 4) is 17.0 Å². The largest absolute Gasteiger partial charge is 0.504 e. The number of piperidine rings is 1. The van der Waals surface area contributed by atoms with Crippen molar-refractivity contribution in [2.75, 3.05) is 13.1 Å². The number of phenols is 1. The molecule has 0 saturated carbocycles. The first-order valence-electron chi connectivity index (χ1n) is 9.53. The lowest BCUT2D eigenvalue weighted by molar-refractivity contribution is 0.437. The highest BCUT2D eigenvalue weighted by molar-refractivity contribution is 5.89. The summed E-state index contributed by atoms with van der Waals surface area (Å²) in [7, 11) is 1.67. The van der Waals surface area contributed by atoms with Gasteiger partial charge in [-0.2, -0.15) is 5.10 Å². The molecular formula is C21H19F2N5O. The molecule has 6 nitrogen and oxygen atoms in total. The normalized spacial score (nSPS) is 15.4. The van der Waals surface area contributed by atoms with Crippen LogP contribution >= 0.6 is 0 Å². The van der Waals surface area contributed by atoms with Gasteiger partial charge in [0, 0.05) is 24.2 Å². The van der Waals surface area contributed by atoms with Gasteiger partial charge in [-0.15, -0.1) is 0 Å². The van der Waals surface area contributed by atoms with E-state index in [0.717, 1.165) is 31.5 Å². The number of aryl methyl sites for hydroxylation is 1. The number of aromatic nitrogens is 4. The van der Waals surface area contributed by atoms with Crippen LogP contribution in [0.25, 0.3) is 33.2 Å². The molecule has 4 aromatic rings. The number of aromatic hydroxyl groups is 1. The van der Waals surface area contributed by atoms with Crippen LogP contribution < -0.4 is 5.32 Å². The fourth-order valence-corrected chi connectivity index (χ4v) is 4.05. The average Bonchev–Trinajstić information content (AvgIpc) is 3.12. The highest BCUT2D eigenvalue weighted by Crippen LogP contribution is 2.36. The molecular weight excluding hydrogens is 376 g/mol. The van der Waals surface area contributed by atoms with E-state index in [0.29, 0.717) is 16.8 Å². The van der Waals surface area contributed by atoms with Crippen molar-refractivity contribution in [1.29, 1.82) is 0 Å². The Labute approximate surface area is 165 Å². The maximum Gasteiger partial charge on any atom is 0.193 e. The third kappa shape index (κ3) is 3.00. The Kier molecular flexibility index (Phi) is 4.16. The van der Waals surface area contributed by atoms with Crippen molar-refractivity contribution in [2.45, 2.75) is 18.8 Å². The van der Waals surface area contributed by atoms with Crippen molar-refractivity contribution < 1.29 is 13.9 Å². The standard InChI is InChI=1S/C21H19F2N5O/c1-28-10-13-6-14(21(29)18(23)19(13)27-28)17-9-25-16-8-12(7-15(22)20(16)26-17)11-2-4-24-5-3-11/h6-11,24,29H,2-5H2,1H3. The highest BCUT2D eigenvalue weighted by atomic mass is 19.1. The summed E-state index contributed by atoms with van der Waals surface area (Å²) in [4.78, 5) is 8.70. The Morgan fingerprint density at radius 3 is 2.72 bits per heavy atom. The van der Waals surface area contributed by atoms with Crippen LogP contribution in [0.3, 0.4) is 0 Å². The molecule has 0 bridgehead atoms. The number of hydrogen-bond acceptors (Lipinski definition) is 5. The molecule has 1 saturated heterocycles. The zero-order chi connectivity index (χ0) is 20.1. The Morgan fingerprint density at radius 2 is 1.93 bits per heavy atom. The smallest absolute Gasteiger partial charge is 0.193 e. The average molecular weight is 395 g/mol. The summed E-state index contributed by atoms with van der Waals surface area (Å²) < 4.78 is 30.9. The topological polar surface area (TPSA) is 75.9 Å². The molecule has 5 rings (SSSR count). The molecule has 2 aromatic heterocycles. The summed E-state index contributed by atoms with van der Waals surface area (Å²) in [5.74, 6) is -1.58. The van der Waals surface area contributed by atoms with E-state index in [1.165, 1.54) is 16.9 Å². The van der Waals surface area contributed by atoms with E-state index in [-0.39, 0.29) is 22.3 Å². The first-order chi connectivity index (χ1) is 14.0. The molecule has 0 radical (unpaired) electrons. The number of nitrogens with one attached hydrogen (secondary N) is 1. The molecule has 0 aliphatic carbocycles. The summed E-state index contributed by atoms with van der Waals surface area (Å²) in [6.07, 6.45) is 4.98. The lowest BCUT2D eigenvalue weighted by Crippen LogP contribution is -2.26. The van der Waals surface area contributed by atoms with Crippen molar-refractivity contribution in [3.63, 3.8) is 0 Å². The van der Waals surface area contributed by atoms with E-state index < -0.39 is 17.4 Å². The summed E-state index contributed by atoms with van der Waals surface area (Å²) >= 11 is 0. The van der Waals surface area contributed by atoms with Gasteiger partial charge in [0.2, 0.25) is 0 Å². The molecule has 0 spiro atoms. The van der Waals surface area contributed by atoms with Crippen LogP contribution in [0.2, 0.25) is 0 Å². The lowest BCUT2D eigenvalue weighted by Gasteiger charge is -2.23. The molecule has 0 amide bonds. The Hall–Kier alpha value is -3.13. The molecule has 1 aliphatic rings. The molecule has 1 aliphatic heterocycles. The molecule has 2 N–H and O–H groups in total. The Morgan fingerprint density at radius 1 is 1.14 bits per heavy atom. The minimum Gasteiger partial charge on any atom is -0.504 e. The monoisotopic (exact) mass is 395 g/mol. The van der Waals surface area contributed by atoms with Crippen LogP contribution in [0.15, 0.2) is 30.6 Å². The summed E-state index contributed by atoms with van der Waals surface area (Å²) in [5, 5.41) is 18.1. The van der Waals surface area contributed by atoms with Gasteiger partial charge in [0.1, 0.15) is 11.0 Å². The number of phenolic OH excluding ortho intramolecular Hbond substituents is 1. The van der Waals surface area contributed by atoms with Crippen LogP contribution in [0.5, 0.6) is 5.75 Å².